The second kappa shape index (κ2) is 8.51. The van der Waals surface area contributed by atoms with Crippen LogP contribution < -0.4 is 9.47 Å². The van der Waals surface area contributed by atoms with E-state index in [2.05, 4.69) is 4.99 Å². The van der Waals surface area contributed by atoms with Crippen LogP contribution in [0.5, 0.6) is 11.5 Å². The molecule has 29 heavy (non-hydrogen) atoms. The van der Waals surface area contributed by atoms with Crippen LogP contribution in [-0.2, 0) is 16.1 Å². The average Bonchev–Trinajstić information content (AvgIpc) is 3.37. The molecule has 146 valence electrons. The molecule has 3 aromatic rings. The molecular formula is C22H16ClNO4S. The minimum absolute atomic E-state index is 0.239. The fourth-order valence-corrected chi connectivity index (χ4v) is 3.62. The Kier molecular flexibility index (Phi) is 5.64. The summed E-state index contributed by atoms with van der Waals surface area (Å²) in [4.78, 5) is 17.2. The SMILES string of the molecule is COc1cc(C=C2N=C(c3cccs3)OC2=O)ccc1OCc1cccc(Cl)c1. The molecule has 0 unspecified atom stereocenters. The second-order valence-corrected chi connectivity index (χ2v) is 7.53. The highest BCUT2D eigenvalue weighted by Gasteiger charge is 2.24. The van der Waals surface area contributed by atoms with Gasteiger partial charge in [-0.25, -0.2) is 9.79 Å². The zero-order valence-corrected chi connectivity index (χ0v) is 17.0. The maximum Gasteiger partial charge on any atom is 0.363 e. The Hall–Kier alpha value is -3.09. The first-order valence-corrected chi connectivity index (χ1v) is 10.00. The lowest BCUT2D eigenvalue weighted by Crippen LogP contribution is -2.03. The van der Waals surface area contributed by atoms with Crippen molar-refractivity contribution < 1.29 is 19.0 Å². The van der Waals surface area contributed by atoms with Crippen molar-refractivity contribution in [3.8, 4) is 11.5 Å². The Morgan fingerprint density at radius 2 is 2.03 bits per heavy atom. The lowest BCUT2D eigenvalue weighted by atomic mass is 10.1. The highest BCUT2D eigenvalue weighted by atomic mass is 35.5. The van der Waals surface area contributed by atoms with Gasteiger partial charge in [-0.1, -0.05) is 35.9 Å². The first-order valence-electron chi connectivity index (χ1n) is 8.74. The van der Waals surface area contributed by atoms with Crippen LogP contribution in [0.3, 0.4) is 0 Å². The summed E-state index contributed by atoms with van der Waals surface area (Å²) in [6.07, 6.45) is 1.66. The molecule has 0 aliphatic carbocycles. The molecule has 1 aliphatic rings. The third kappa shape index (κ3) is 4.50. The van der Waals surface area contributed by atoms with E-state index < -0.39 is 5.97 Å². The summed E-state index contributed by atoms with van der Waals surface area (Å²) in [5.41, 5.74) is 1.94. The van der Waals surface area contributed by atoms with Gasteiger partial charge in [0.2, 0.25) is 5.90 Å². The molecule has 5 nitrogen and oxygen atoms in total. The van der Waals surface area contributed by atoms with Gasteiger partial charge < -0.3 is 14.2 Å². The fraction of sp³-hybridized carbons (Fsp3) is 0.0909. The van der Waals surface area contributed by atoms with Crippen molar-refractivity contribution in [3.63, 3.8) is 0 Å². The van der Waals surface area contributed by atoms with Crippen LogP contribution in [0, 0.1) is 0 Å². The number of nitrogens with zero attached hydrogens (tertiary/aromatic N) is 1. The van der Waals surface area contributed by atoms with E-state index in [0.717, 1.165) is 16.0 Å². The van der Waals surface area contributed by atoms with Crippen LogP contribution >= 0.6 is 22.9 Å². The summed E-state index contributed by atoms with van der Waals surface area (Å²) in [5.74, 6) is 0.986. The molecule has 2 aromatic carbocycles. The smallest absolute Gasteiger partial charge is 0.363 e. The Bertz CT molecular complexity index is 1110. The number of benzene rings is 2. The molecule has 0 bridgehead atoms. The summed E-state index contributed by atoms with van der Waals surface area (Å²) < 4.78 is 16.6. The molecule has 0 atom stereocenters. The Labute approximate surface area is 176 Å². The maximum atomic E-state index is 12.1. The van der Waals surface area contributed by atoms with Crippen molar-refractivity contribution in [3.05, 3.63) is 86.7 Å². The van der Waals surface area contributed by atoms with Crippen LogP contribution in [-0.4, -0.2) is 19.0 Å². The Morgan fingerprint density at radius 1 is 1.14 bits per heavy atom. The topological polar surface area (TPSA) is 57.1 Å². The van der Waals surface area contributed by atoms with Gasteiger partial charge in [0.15, 0.2) is 17.2 Å². The summed E-state index contributed by atoms with van der Waals surface area (Å²) in [5, 5.41) is 2.56. The summed E-state index contributed by atoms with van der Waals surface area (Å²) in [6.45, 7) is 0.359. The standard InChI is InChI=1S/C22H16ClNO4S/c1-26-19-12-14(7-8-18(19)27-13-15-4-2-5-16(23)10-15)11-17-22(25)28-21(24-17)20-6-3-9-29-20/h2-12H,13H2,1H3. The zero-order chi connectivity index (χ0) is 20.2. The number of hydrogen-bond donors (Lipinski definition) is 0. The number of esters is 1. The number of ether oxygens (including phenoxy) is 3. The minimum Gasteiger partial charge on any atom is -0.493 e. The van der Waals surface area contributed by atoms with Gasteiger partial charge >= 0.3 is 5.97 Å². The van der Waals surface area contributed by atoms with Crippen molar-refractivity contribution >= 4 is 40.9 Å². The molecule has 0 spiro atoms. The van der Waals surface area contributed by atoms with Crippen LogP contribution in [0.15, 0.2) is 70.7 Å². The number of methoxy groups -OCH3 is 1. The van der Waals surface area contributed by atoms with Gasteiger partial charge in [-0.3, -0.25) is 0 Å². The van der Waals surface area contributed by atoms with E-state index in [9.17, 15) is 4.79 Å². The number of halogens is 1. The largest absolute Gasteiger partial charge is 0.493 e. The van der Waals surface area contributed by atoms with Gasteiger partial charge in [0, 0.05) is 5.02 Å². The zero-order valence-electron chi connectivity index (χ0n) is 15.4. The van der Waals surface area contributed by atoms with Crippen molar-refractivity contribution in [1.82, 2.24) is 0 Å². The fourth-order valence-electron chi connectivity index (χ4n) is 2.75. The van der Waals surface area contributed by atoms with E-state index in [1.54, 1.807) is 25.3 Å². The lowest BCUT2D eigenvalue weighted by Gasteiger charge is -2.11. The number of cyclic esters (lactones) is 1. The molecule has 4 rings (SSSR count). The van der Waals surface area contributed by atoms with Gasteiger partial charge in [-0.05, 0) is 52.9 Å². The maximum absolute atomic E-state index is 12.1. The van der Waals surface area contributed by atoms with Crippen LogP contribution in [0.4, 0.5) is 0 Å². The van der Waals surface area contributed by atoms with Crippen molar-refractivity contribution in [2.75, 3.05) is 7.11 Å². The number of carbonyl (C=O) groups excluding carboxylic acids is 1. The van der Waals surface area contributed by atoms with Gasteiger partial charge in [0.25, 0.3) is 0 Å². The number of aliphatic imine (C=N–C) groups is 1. The first kappa shape index (κ1) is 19.2. The third-order valence-corrected chi connectivity index (χ3v) is 5.22. The van der Waals surface area contributed by atoms with Crippen molar-refractivity contribution in [2.24, 2.45) is 4.99 Å². The second-order valence-electron chi connectivity index (χ2n) is 6.14. The highest BCUT2D eigenvalue weighted by molar-refractivity contribution is 7.12. The molecule has 0 N–H and O–H groups in total. The van der Waals surface area contributed by atoms with Crippen molar-refractivity contribution in [2.45, 2.75) is 6.61 Å². The van der Waals surface area contributed by atoms with E-state index in [1.165, 1.54) is 11.3 Å². The van der Waals surface area contributed by atoms with Gasteiger partial charge in [-0.2, -0.15) is 0 Å². The quantitative estimate of drug-likeness (QED) is 0.395. The Balaban J connectivity index is 1.53. The molecule has 0 saturated carbocycles. The van der Waals surface area contributed by atoms with Crippen LogP contribution in [0.25, 0.3) is 6.08 Å². The van der Waals surface area contributed by atoms with E-state index in [-0.39, 0.29) is 5.70 Å². The lowest BCUT2D eigenvalue weighted by molar-refractivity contribution is -0.129. The first-order chi connectivity index (χ1) is 14.1. The van der Waals surface area contributed by atoms with E-state index >= 15 is 0 Å². The molecule has 0 radical (unpaired) electrons. The van der Waals surface area contributed by atoms with E-state index in [0.29, 0.717) is 29.0 Å². The van der Waals surface area contributed by atoms with Gasteiger partial charge in [-0.15, -0.1) is 11.3 Å². The molecule has 0 fully saturated rings. The molecule has 2 heterocycles. The number of thiophene rings is 1. The Morgan fingerprint density at radius 3 is 2.79 bits per heavy atom. The summed E-state index contributed by atoms with van der Waals surface area (Å²) >= 11 is 7.47. The molecular weight excluding hydrogens is 410 g/mol. The minimum atomic E-state index is -0.478. The van der Waals surface area contributed by atoms with E-state index in [4.69, 9.17) is 25.8 Å². The normalized spacial score (nSPS) is 14.6. The summed E-state index contributed by atoms with van der Waals surface area (Å²) in [7, 11) is 1.56. The predicted octanol–water partition coefficient (Wildman–Crippen LogP) is 5.33. The van der Waals surface area contributed by atoms with Gasteiger partial charge in [0.05, 0.1) is 12.0 Å². The van der Waals surface area contributed by atoms with Crippen LogP contribution in [0.1, 0.15) is 16.0 Å². The number of rotatable bonds is 6. The third-order valence-electron chi connectivity index (χ3n) is 4.13. The average molecular weight is 426 g/mol. The predicted molar refractivity (Wildman–Crippen MR) is 114 cm³/mol. The highest BCUT2D eigenvalue weighted by Crippen LogP contribution is 2.31. The van der Waals surface area contributed by atoms with Crippen molar-refractivity contribution in [1.29, 1.82) is 0 Å². The molecule has 0 amide bonds. The van der Waals surface area contributed by atoms with E-state index in [1.807, 2.05) is 47.8 Å². The molecule has 7 heteroatoms. The van der Waals surface area contributed by atoms with Crippen LogP contribution in [0.2, 0.25) is 5.02 Å². The monoisotopic (exact) mass is 425 g/mol. The summed E-state index contributed by atoms with van der Waals surface area (Å²) in [6, 6.07) is 16.6. The molecule has 1 aromatic heterocycles. The van der Waals surface area contributed by atoms with Gasteiger partial charge in [0.1, 0.15) is 6.61 Å². The molecule has 0 saturated heterocycles. The number of hydrogen-bond acceptors (Lipinski definition) is 6. The molecule has 1 aliphatic heterocycles. The number of carbonyl (C=O) groups is 1.